The summed E-state index contributed by atoms with van der Waals surface area (Å²) < 4.78 is 0. The van der Waals surface area contributed by atoms with Gasteiger partial charge in [0.2, 0.25) is 0 Å². The van der Waals surface area contributed by atoms with Crippen LogP contribution in [-0.2, 0) is 0 Å². The molecule has 0 saturated heterocycles. The Morgan fingerprint density at radius 1 is 1.11 bits per heavy atom. The fourth-order valence-corrected chi connectivity index (χ4v) is 2.96. The predicted molar refractivity (Wildman–Crippen MR) is 84.8 cm³/mol. The van der Waals surface area contributed by atoms with Crippen molar-refractivity contribution < 1.29 is 0 Å². The molecular weight excluding hydrogens is 230 g/mol. The van der Waals surface area contributed by atoms with Crippen molar-refractivity contribution in [2.45, 2.75) is 58.8 Å². The van der Waals surface area contributed by atoms with Crippen molar-refractivity contribution in [3.63, 3.8) is 0 Å². The molecule has 1 saturated carbocycles. The smallest absolute Gasteiger partial charge is 0.0340 e. The van der Waals surface area contributed by atoms with Gasteiger partial charge in [0.25, 0.3) is 0 Å². The van der Waals surface area contributed by atoms with Crippen LogP contribution in [0.1, 0.15) is 64.4 Å². The highest BCUT2D eigenvalue weighted by Gasteiger charge is 2.17. The number of rotatable bonds is 5. The van der Waals surface area contributed by atoms with Crippen LogP contribution in [0.2, 0.25) is 0 Å². The molecule has 0 amide bonds. The van der Waals surface area contributed by atoms with E-state index in [-0.39, 0.29) is 0 Å². The van der Waals surface area contributed by atoms with E-state index in [9.17, 15) is 0 Å². The first kappa shape index (κ1) is 14.4. The molecule has 0 bridgehead atoms. The topological polar surface area (TPSA) is 12.0 Å². The second-order valence-corrected chi connectivity index (χ2v) is 6.44. The molecule has 1 aliphatic rings. The number of hydrogen-bond donors (Lipinski definition) is 1. The van der Waals surface area contributed by atoms with Gasteiger partial charge < -0.3 is 5.32 Å². The zero-order chi connectivity index (χ0) is 13.7. The summed E-state index contributed by atoms with van der Waals surface area (Å²) in [5.41, 5.74) is 2.74. The van der Waals surface area contributed by atoms with Gasteiger partial charge in [-0.05, 0) is 54.7 Å². The molecule has 106 valence electrons. The van der Waals surface area contributed by atoms with Crippen LogP contribution in [0, 0.1) is 11.8 Å². The van der Waals surface area contributed by atoms with Gasteiger partial charge in [-0.3, -0.25) is 0 Å². The Kier molecular flexibility index (Phi) is 5.30. The number of nitrogens with one attached hydrogen (secondary N) is 1. The van der Waals surface area contributed by atoms with E-state index in [1.54, 1.807) is 0 Å². The second-order valence-electron chi connectivity index (χ2n) is 6.44. The summed E-state index contributed by atoms with van der Waals surface area (Å²) >= 11 is 0. The lowest BCUT2D eigenvalue weighted by molar-refractivity contribution is 0.300. The average molecular weight is 259 g/mol. The Balaban J connectivity index is 1.80. The highest BCUT2D eigenvalue weighted by molar-refractivity contribution is 5.45. The van der Waals surface area contributed by atoms with Crippen molar-refractivity contribution >= 4 is 5.69 Å². The van der Waals surface area contributed by atoms with E-state index >= 15 is 0 Å². The molecule has 0 heterocycles. The normalized spacial score (nSPS) is 25.0. The SMILES string of the molecule is CCC(C)c1ccc(NCC2CCC(C)CC2)cc1. The molecule has 19 heavy (non-hydrogen) atoms. The molecule has 1 aromatic rings. The van der Waals surface area contributed by atoms with Gasteiger partial charge in [-0.1, -0.05) is 45.7 Å². The van der Waals surface area contributed by atoms with Gasteiger partial charge in [0, 0.05) is 12.2 Å². The van der Waals surface area contributed by atoms with E-state index < -0.39 is 0 Å². The average Bonchev–Trinajstić information content (AvgIpc) is 2.46. The van der Waals surface area contributed by atoms with E-state index in [0.29, 0.717) is 5.92 Å². The monoisotopic (exact) mass is 259 g/mol. The van der Waals surface area contributed by atoms with Crippen LogP contribution in [0.25, 0.3) is 0 Å². The maximum absolute atomic E-state index is 3.61. The van der Waals surface area contributed by atoms with E-state index in [2.05, 4.69) is 50.4 Å². The minimum atomic E-state index is 0.675. The minimum Gasteiger partial charge on any atom is -0.385 e. The van der Waals surface area contributed by atoms with E-state index in [0.717, 1.165) is 18.4 Å². The van der Waals surface area contributed by atoms with Crippen LogP contribution in [0.15, 0.2) is 24.3 Å². The van der Waals surface area contributed by atoms with Gasteiger partial charge in [-0.15, -0.1) is 0 Å². The van der Waals surface area contributed by atoms with Crippen molar-refractivity contribution in [2.24, 2.45) is 11.8 Å². The maximum atomic E-state index is 3.61. The third-order valence-corrected chi connectivity index (χ3v) is 4.82. The molecule has 1 unspecified atom stereocenters. The molecular formula is C18H29N. The van der Waals surface area contributed by atoms with Crippen molar-refractivity contribution in [3.8, 4) is 0 Å². The summed E-state index contributed by atoms with van der Waals surface area (Å²) in [5.74, 6) is 2.50. The van der Waals surface area contributed by atoms with Gasteiger partial charge in [0.15, 0.2) is 0 Å². The molecule has 1 aromatic carbocycles. The van der Waals surface area contributed by atoms with Crippen LogP contribution in [0.5, 0.6) is 0 Å². The molecule has 0 aromatic heterocycles. The molecule has 0 aliphatic heterocycles. The van der Waals surface area contributed by atoms with Gasteiger partial charge in [0.1, 0.15) is 0 Å². The maximum Gasteiger partial charge on any atom is 0.0340 e. The Labute approximate surface area is 118 Å². The summed E-state index contributed by atoms with van der Waals surface area (Å²) in [4.78, 5) is 0. The fourth-order valence-electron chi connectivity index (χ4n) is 2.96. The van der Waals surface area contributed by atoms with E-state index in [1.807, 2.05) is 0 Å². The van der Waals surface area contributed by atoms with Crippen molar-refractivity contribution in [3.05, 3.63) is 29.8 Å². The molecule has 1 heteroatoms. The predicted octanol–water partition coefficient (Wildman–Crippen LogP) is 5.44. The molecule has 1 atom stereocenters. The van der Waals surface area contributed by atoms with Crippen LogP contribution >= 0.6 is 0 Å². The number of benzene rings is 1. The molecule has 1 nitrogen and oxygen atoms in total. The third-order valence-electron chi connectivity index (χ3n) is 4.82. The van der Waals surface area contributed by atoms with E-state index in [4.69, 9.17) is 0 Å². The first-order valence-corrected chi connectivity index (χ1v) is 8.02. The Hall–Kier alpha value is -0.980. The first-order valence-electron chi connectivity index (χ1n) is 8.02. The third kappa shape index (κ3) is 4.26. The lowest BCUT2D eigenvalue weighted by atomic mass is 9.83. The lowest BCUT2D eigenvalue weighted by Gasteiger charge is -2.26. The first-order chi connectivity index (χ1) is 9.19. The van der Waals surface area contributed by atoms with Crippen LogP contribution in [0.4, 0.5) is 5.69 Å². The molecule has 1 N–H and O–H groups in total. The van der Waals surface area contributed by atoms with Gasteiger partial charge in [0.05, 0.1) is 0 Å². The zero-order valence-corrected chi connectivity index (χ0v) is 12.8. The van der Waals surface area contributed by atoms with E-state index in [1.165, 1.54) is 43.4 Å². The Morgan fingerprint density at radius 3 is 2.32 bits per heavy atom. The molecule has 2 rings (SSSR count). The summed E-state index contributed by atoms with van der Waals surface area (Å²) in [6, 6.07) is 9.04. The second kappa shape index (κ2) is 6.98. The molecule has 0 radical (unpaired) electrons. The molecule has 1 fully saturated rings. The van der Waals surface area contributed by atoms with Gasteiger partial charge in [-0.25, -0.2) is 0 Å². The zero-order valence-electron chi connectivity index (χ0n) is 12.8. The fraction of sp³-hybridized carbons (Fsp3) is 0.667. The highest BCUT2D eigenvalue weighted by Crippen LogP contribution is 2.28. The lowest BCUT2D eigenvalue weighted by Crippen LogP contribution is -2.20. The van der Waals surface area contributed by atoms with Crippen LogP contribution in [-0.4, -0.2) is 6.54 Å². The van der Waals surface area contributed by atoms with Crippen LogP contribution < -0.4 is 5.32 Å². The largest absolute Gasteiger partial charge is 0.385 e. The summed E-state index contributed by atoms with van der Waals surface area (Å²) in [7, 11) is 0. The Bertz CT molecular complexity index is 360. The van der Waals surface area contributed by atoms with Crippen molar-refractivity contribution in [2.75, 3.05) is 11.9 Å². The van der Waals surface area contributed by atoms with Crippen LogP contribution in [0.3, 0.4) is 0 Å². The highest BCUT2D eigenvalue weighted by atomic mass is 14.9. The van der Waals surface area contributed by atoms with Crippen molar-refractivity contribution in [1.82, 2.24) is 0 Å². The summed E-state index contributed by atoms with van der Waals surface area (Å²) in [6.45, 7) is 8.08. The van der Waals surface area contributed by atoms with Crippen molar-refractivity contribution in [1.29, 1.82) is 0 Å². The number of hydrogen-bond acceptors (Lipinski definition) is 1. The standard InChI is InChI=1S/C18H29N/c1-4-15(3)17-9-11-18(12-10-17)19-13-16-7-5-14(2)6-8-16/h9-12,14-16,19H,4-8,13H2,1-3H3. The minimum absolute atomic E-state index is 0.675. The summed E-state index contributed by atoms with van der Waals surface area (Å²) in [6.07, 6.45) is 6.85. The van der Waals surface area contributed by atoms with Gasteiger partial charge >= 0.3 is 0 Å². The quantitative estimate of drug-likeness (QED) is 0.742. The summed E-state index contributed by atoms with van der Waals surface area (Å²) in [5, 5.41) is 3.61. The Morgan fingerprint density at radius 2 is 1.74 bits per heavy atom. The molecule has 1 aliphatic carbocycles. The number of anilines is 1. The molecule has 0 spiro atoms. The van der Waals surface area contributed by atoms with Gasteiger partial charge in [-0.2, -0.15) is 0 Å².